The van der Waals surface area contributed by atoms with Crippen LogP contribution in [0.2, 0.25) is 5.02 Å². The van der Waals surface area contributed by atoms with Crippen LogP contribution >= 0.6 is 11.6 Å². The Morgan fingerprint density at radius 2 is 1.85 bits per heavy atom. The molecule has 144 valence electrons. The third-order valence-corrected chi connectivity index (χ3v) is 5.14. The van der Waals surface area contributed by atoms with Crippen molar-refractivity contribution in [2.45, 2.75) is 11.3 Å². The highest BCUT2D eigenvalue weighted by Gasteiger charge is 2.31. The molecule has 0 aliphatic carbocycles. The predicted octanol–water partition coefficient (Wildman–Crippen LogP) is 3.37. The molecular formula is C15H10ClF3N2O5S. The van der Waals surface area contributed by atoms with Gasteiger partial charge in [0.1, 0.15) is 16.4 Å². The molecule has 0 radical (unpaired) electrons. The van der Waals surface area contributed by atoms with Crippen molar-refractivity contribution < 1.29 is 35.9 Å². The number of alkyl halides is 3. The van der Waals surface area contributed by atoms with Crippen molar-refractivity contribution in [2.75, 3.05) is 16.6 Å². The minimum atomic E-state index is -4.85. The zero-order chi connectivity index (χ0) is 19.8. The van der Waals surface area contributed by atoms with Gasteiger partial charge in [-0.05, 0) is 30.3 Å². The summed E-state index contributed by atoms with van der Waals surface area (Å²) >= 11 is 5.99. The van der Waals surface area contributed by atoms with Crippen LogP contribution in [0.25, 0.3) is 0 Å². The molecular weight excluding hydrogens is 413 g/mol. The molecule has 0 saturated heterocycles. The number of hydrogen-bond donors (Lipinski definition) is 2. The number of anilines is 2. The molecule has 0 bridgehead atoms. The molecule has 0 saturated carbocycles. The molecule has 1 aliphatic heterocycles. The van der Waals surface area contributed by atoms with E-state index >= 15 is 0 Å². The Labute approximate surface area is 156 Å². The Morgan fingerprint density at radius 1 is 1.19 bits per heavy atom. The maximum atomic E-state index is 12.5. The van der Waals surface area contributed by atoms with E-state index in [0.717, 1.165) is 30.3 Å². The second-order valence-corrected chi connectivity index (χ2v) is 7.35. The van der Waals surface area contributed by atoms with E-state index in [1.165, 1.54) is 6.07 Å². The Hall–Kier alpha value is -2.66. The molecule has 2 aromatic rings. The van der Waals surface area contributed by atoms with Crippen molar-refractivity contribution >= 4 is 38.9 Å². The number of hydrogen-bond acceptors (Lipinski definition) is 5. The van der Waals surface area contributed by atoms with Crippen LogP contribution in [-0.4, -0.2) is 27.3 Å². The van der Waals surface area contributed by atoms with Crippen molar-refractivity contribution in [3.8, 4) is 11.5 Å². The van der Waals surface area contributed by atoms with Gasteiger partial charge in [-0.3, -0.25) is 9.52 Å². The maximum Gasteiger partial charge on any atom is 0.573 e. The van der Waals surface area contributed by atoms with Gasteiger partial charge in [0.25, 0.3) is 15.9 Å². The number of ether oxygens (including phenoxy) is 2. The molecule has 2 aromatic carbocycles. The predicted molar refractivity (Wildman–Crippen MR) is 89.5 cm³/mol. The summed E-state index contributed by atoms with van der Waals surface area (Å²) in [7, 11) is -4.18. The summed E-state index contributed by atoms with van der Waals surface area (Å²) in [5.74, 6) is -0.789. The van der Waals surface area contributed by atoms with Crippen molar-refractivity contribution in [1.82, 2.24) is 0 Å². The van der Waals surface area contributed by atoms with Crippen LogP contribution in [0, 0.1) is 0 Å². The molecule has 0 unspecified atom stereocenters. The minimum Gasteiger partial charge on any atom is -0.482 e. The fourth-order valence-electron chi connectivity index (χ4n) is 2.22. The van der Waals surface area contributed by atoms with Gasteiger partial charge in [0, 0.05) is 11.8 Å². The number of carbonyl (C=O) groups is 1. The second-order valence-electron chi connectivity index (χ2n) is 5.29. The number of halogens is 4. The lowest BCUT2D eigenvalue weighted by molar-refractivity contribution is -0.274. The van der Waals surface area contributed by atoms with E-state index in [4.69, 9.17) is 16.3 Å². The SMILES string of the molecule is O=C1COc2cc(S(=O)(=O)Nc3ccc(OC(F)(F)F)cc3)c(Cl)cc2N1. The number of carbonyl (C=O) groups excluding carboxylic acids is 1. The molecule has 1 heterocycles. The Bertz CT molecular complexity index is 994. The van der Waals surface area contributed by atoms with Crippen LogP contribution in [0.15, 0.2) is 41.3 Å². The number of nitrogens with one attached hydrogen (secondary N) is 2. The first-order valence-electron chi connectivity index (χ1n) is 7.18. The van der Waals surface area contributed by atoms with Gasteiger partial charge in [0.05, 0.1) is 10.7 Å². The van der Waals surface area contributed by atoms with Gasteiger partial charge >= 0.3 is 6.36 Å². The van der Waals surface area contributed by atoms with E-state index in [2.05, 4.69) is 14.8 Å². The monoisotopic (exact) mass is 422 g/mol. The topological polar surface area (TPSA) is 93.7 Å². The smallest absolute Gasteiger partial charge is 0.482 e. The zero-order valence-corrected chi connectivity index (χ0v) is 14.7. The summed E-state index contributed by atoms with van der Waals surface area (Å²) in [6.45, 7) is -0.276. The highest BCUT2D eigenvalue weighted by molar-refractivity contribution is 7.92. The molecule has 12 heteroatoms. The molecule has 1 aliphatic rings. The van der Waals surface area contributed by atoms with E-state index < -0.39 is 28.0 Å². The van der Waals surface area contributed by atoms with Gasteiger partial charge in [0.15, 0.2) is 6.61 Å². The first kappa shape index (κ1) is 19.1. The first-order valence-corrected chi connectivity index (χ1v) is 9.04. The molecule has 3 rings (SSSR count). The molecule has 0 atom stereocenters. The van der Waals surface area contributed by atoms with Gasteiger partial charge in [-0.25, -0.2) is 8.42 Å². The Morgan fingerprint density at radius 3 is 2.48 bits per heavy atom. The lowest BCUT2D eigenvalue weighted by Gasteiger charge is -2.19. The summed E-state index contributed by atoms with van der Waals surface area (Å²) in [6.07, 6.45) is -4.85. The Kier molecular flexibility index (Phi) is 4.82. The largest absolute Gasteiger partial charge is 0.573 e. The van der Waals surface area contributed by atoms with Crippen molar-refractivity contribution in [1.29, 1.82) is 0 Å². The van der Waals surface area contributed by atoms with Crippen molar-refractivity contribution in [3.63, 3.8) is 0 Å². The fourth-order valence-corrected chi connectivity index (χ4v) is 3.82. The normalized spacial score (nSPS) is 14.0. The van der Waals surface area contributed by atoms with Crippen LogP contribution < -0.4 is 19.5 Å². The van der Waals surface area contributed by atoms with Gasteiger partial charge < -0.3 is 14.8 Å². The summed E-state index contributed by atoms with van der Waals surface area (Å²) in [6, 6.07) is 6.48. The summed E-state index contributed by atoms with van der Waals surface area (Å²) in [5, 5.41) is 2.31. The third-order valence-electron chi connectivity index (χ3n) is 3.30. The molecule has 0 fully saturated rings. The average molecular weight is 423 g/mol. The van der Waals surface area contributed by atoms with Crippen LogP contribution in [0.5, 0.6) is 11.5 Å². The Balaban J connectivity index is 1.84. The standard InChI is InChI=1S/C15H10ClF3N2O5S/c16-10-5-11-12(25-7-14(22)20-11)6-13(10)27(23,24)21-8-1-3-9(4-2-8)26-15(17,18)19/h1-6,21H,7H2,(H,20,22). The van der Waals surface area contributed by atoms with Crippen LogP contribution in [0.1, 0.15) is 0 Å². The van der Waals surface area contributed by atoms with E-state index in [9.17, 15) is 26.4 Å². The van der Waals surface area contributed by atoms with E-state index in [0.29, 0.717) is 0 Å². The van der Waals surface area contributed by atoms with Crippen molar-refractivity contribution in [3.05, 3.63) is 41.4 Å². The highest BCUT2D eigenvalue weighted by atomic mass is 35.5. The highest BCUT2D eigenvalue weighted by Crippen LogP contribution is 2.36. The quantitative estimate of drug-likeness (QED) is 0.788. The fraction of sp³-hybridized carbons (Fsp3) is 0.133. The van der Waals surface area contributed by atoms with Gasteiger partial charge in [-0.1, -0.05) is 11.6 Å². The van der Waals surface area contributed by atoms with Crippen LogP contribution in [0.4, 0.5) is 24.5 Å². The average Bonchev–Trinajstić information content (AvgIpc) is 2.54. The molecule has 0 spiro atoms. The zero-order valence-electron chi connectivity index (χ0n) is 13.1. The van der Waals surface area contributed by atoms with E-state index in [1.54, 1.807) is 0 Å². The lowest BCUT2D eigenvalue weighted by Crippen LogP contribution is -2.25. The summed E-state index contributed by atoms with van der Waals surface area (Å²) in [4.78, 5) is 11.0. The number of benzene rings is 2. The van der Waals surface area contributed by atoms with Gasteiger partial charge in [-0.2, -0.15) is 0 Å². The second kappa shape index (κ2) is 6.82. The van der Waals surface area contributed by atoms with Gasteiger partial charge in [0.2, 0.25) is 0 Å². The minimum absolute atomic E-state index is 0.00691. The van der Waals surface area contributed by atoms with E-state index in [1.807, 2.05) is 0 Å². The molecule has 0 aromatic heterocycles. The van der Waals surface area contributed by atoms with Gasteiger partial charge in [-0.15, -0.1) is 13.2 Å². The van der Waals surface area contributed by atoms with Crippen molar-refractivity contribution in [2.24, 2.45) is 0 Å². The summed E-state index contributed by atoms with van der Waals surface area (Å²) < 4.78 is 72.6. The first-order chi connectivity index (χ1) is 12.5. The number of amides is 1. The van der Waals surface area contributed by atoms with Crippen LogP contribution in [0.3, 0.4) is 0 Å². The van der Waals surface area contributed by atoms with Crippen LogP contribution in [-0.2, 0) is 14.8 Å². The lowest BCUT2D eigenvalue weighted by atomic mass is 10.2. The third kappa shape index (κ3) is 4.55. The number of rotatable bonds is 4. The molecule has 7 nitrogen and oxygen atoms in total. The maximum absolute atomic E-state index is 12.5. The molecule has 2 N–H and O–H groups in total. The number of fused-ring (bicyclic) bond motifs is 1. The molecule has 27 heavy (non-hydrogen) atoms. The molecule has 1 amide bonds. The van der Waals surface area contributed by atoms with E-state index in [-0.39, 0.29) is 33.6 Å². The summed E-state index contributed by atoms with van der Waals surface area (Å²) in [5.41, 5.74) is 0.219. The number of sulfonamides is 1.